The zero-order valence-electron chi connectivity index (χ0n) is 10.6. The lowest BCUT2D eigenvalue weighted by atomic mass is 10.1. The molecule has 0 aliphatic carbocycles. The molecule has 15 heavy (non-hydrogen) atoms. The van der Waals surface area contributed by atoms with Gasteiger partial charge in [-0.3, -0.25) is 0 Å². The van der Waals surface area contributed by atoms with Gasteiger partial charge in [0.05, 0.1) is 13.3 Å². The molecule has 1 saturated heterocycles. The standard InChI is InChI=1S/C13H26OSi/c1-5-13(11-9-10-12-14-13)15(6-2,7-3)8-4/h5H,1,6-12H2,2-4H3. The van der Waals surface area contributed by atoms with Crippen molar-refractivity contribution in [3.8, 4) is 0 Å². The number of hydrogen-bond acceptors (Lipinski definition) is 1. The van der Waals surface area contributed by atoms with Gasteiger partial charge in [0.25, 0.3) is 0 Å². The van der Waals surface area contributed by atoms with Crippen molar-refractivity contribution in [2.75, 3.05) is 6.61 Å². The average molecular weight is 226 g/mol. The van der Waals surface area contributed by atoms with E-state index in [0.29, 0.717) is 0 Å². The Hall–Kier alpha value is -0.0831. The Kier molecular flexibility index (Phi) is 4.59. The lowest BCUT2D eigenvalue weighted by molar-refractivity contribution is 0.00572. The fraction of sp³-hybridized carbons (Fsp3) is 0.846. The van der Waals surface area contributed by atoms with Gasteiger partial charge >= 0.3 is 0 Å². The molecule has 88 valence electrons. The smallest absolute Gasteiger partial charge is 0.0956 e. The van der Waals surface area contributed by atoms with Crippen LogP contribution in [0, 0.1) is 0 Å². The van der Waals surface area contributed by atoms with E-state index in [-0.39, 0.29) is 5.22 Å². The monoisotopic (exact) mass is 226 g/mol. The minimum absolute atomic E-state index is 0.0868. The highest BCUT2D eigenvalue weighted by atomic mass is 28.3. The summed E-state index contributed by atoms with van der Waals surface area (Å²) in [5.41, 5.74) is 0. The van der Waals surface area contributed by atoms with Crippen molar-refractivity contribution in [3.63, 3.8) is 0 Å². The van der Waals surface area contributed by atoms with Crippen LogP contribution in [0.4, 0.5) is 0 Å². The van der Waals surface area contributed by atoms with Crippen molar-refractivity contribution in [3.05, 3.63) is 12.7 Å². The Labute approximate surface area is 95.9 Å². The molecule has 0 N–H and O–H groups in total. The molecule has 1 nitrogen and oxygen atoms in total. The van der Waals surface area contributed by atoms with Gasteiger partial charge in [0, 0.05) is 6.61 Å². The summed E-state index contributed by atoms with van der Waals surface area (Å²) >= 11 is 0. The summed E-state index contributed by atoms with van der Waals surface area (Å²) in [5, 5.41) is 0.0868. The van der Waals surface area contributed by atoms with Crippen molar-refractivity contribution < 1.29 is 4.74 Å². The molecule has 1 fully saturated rings. The van der Waals surface area contributed by atoms with Crippen LogP contribution in [0.2, 0.25) is 18.1 Å². The molecular weight excluding hydrogens is 200 g/mol. The summed E-state index contributed by atoms with van der Waals surface area (Å²) in [4.78, 5) is 0. The van der Waals surface area contributed by atoms with Crippen LogP contribution in [0.5, 0.6) is 0 Å². The zero-order chi connectivity index (χ0) is 11.4. The van der Waals surface area contributed by atoms with E-state index >= 15 is 0 Å². The van der Waals surface area contributed by atoms with E-state index in [1.54, 1.807) is 0 Å². The normalized spacial score (nSPS) is 27.7. The highest BCUT2D eigenvalue weighted by Gasteiger charge is 2.49. The first-order chi connectivity index (χ1) is 7.20. The average Bonchev–Trinajstić information content (AvgIpc) is 2.33. The van der Waals surface area contributed by atoms with E-state index in [2.05, 4.69) is 33.4 Å². The van der Waals surface area contributed by atoms with Crippen LogP contribution >= 0.6 is 0 Å². The third kappa shape index (κ3) is 2.07. The molecular formula is C13H26OSi. The van der Waals surface area contributed by atoms with E-state index in [9.17, 15) is 0 Å². The second kappa shape index (κ2) is 5.31. The Balaban J connectivity index is 2.99. The second-order valence-electron chi connectivity index (χ2n) is 4.74. The van der Waals surface area contributed by atoms with Crippen molar-refractivity contribution >= 4 is 8.07 Å². The maximum absolute atomic E-state index is 6.20. The molecule has 1 aliphatic heterocycles. The molecule has 0 amide bonds. The Morgan fingerprint density at radius 2 is 1.80 bits per heavy atom. The summed E-state index contributed by atoms with van der Waals surface area (Å²) in [6, 6.07) is 3.98. The summed E-state index contributed by atoms with van der Waals surface area (Å²) in [5.74, 6) is 0. The molecule has 1 atom stereocenters. The highest BCUT2D eigenvalue weighted by Crippen LogP contribution is 2.41. The topological polar surface area (TPSA) is 9.23 Å². The van der Waals surface area contributed by atoms with Crippen LogP contribution in [0.1, 0.15) is 40.0 Å². The maximum atomic E-state index is 6.20. The van der Waals surface area contributed by atoms with Gasteiger partial charge in [-0.2, -0.15) is 0 Å². The molecule has 0 bridgehead atoms. The molecule has 0 saturated carbocycles. The quantitative estimate of drug-likeness (QED) is 0.505. The van der Waals surface area contributed by atoms with Gasteiger partial charge in [0.2, 0.25) is 0 Å². The van der Waals surface area contributed by atoms with Gasteiger partial charge in [0.15, 0.2) is 0 Å². The first kappa shape index (κ1) is 13.0. The fourth-order valence-corrected chi connectivity index (χ4v) is 8.10. The molecule has 1 rings (SSSR count). The van der Waals surface area contributed by atoms with E-state index in [4.69, 9.17) is 4.74 Å². The predicted molar refractivity (Wildman–Crippen MR) is 69.9 cm³/mol. The van der Waals surface area contributed by atoms with E-state index < -0.39 is 8.07 Å². The Morgan fingerprint density at radius 1 is 1.20 bits per heavy atom. The van der Waals surface area contributed by atoms with Gasteiger partial charge in [-0.05, 0) is 19.3 Å². The van der Waals surface area contributed by atoms with Gasteiger partial charge < -0.3 is 4.74 Å². The number of ether oxygens (including phenoxy) is 1. The molecule has 1 heterocycles. The third-order valence-electron chi connectivity index (χ3n) is 4.56. The number of rotatable bonds is 5. The lowest BCUT2D eigenvalue weighted by Gasteiger charge is -2.48. The zero-order valence-corrected chi connectivity index (χ0v) is 11.6. The molecule has 1 unspecified atom stereocenters. The Bertz CT molecular complexity index is 194. The summed E-state index contributed by atoms with van der Waals surface area (Å²) in [6.45, 7) is 12.1. The molecule has 0 spiro atoms. The molecule has 0 radical (unpaired) electrons. The first-order valence-corrected chi connectivity index (χ1v) is 9.10. The highest BCUT2D eigenvalue weighted by molar-refractivity contribution is 6.82. The third-order valence-corrected chi connectivity index (χ3v) is 11.0. The Morgan fingerprint density at radius 3 is 2.13 bits per heavy atom. The summed E-state index contributed by atoms with van der Waals surface area (Å²) < 4.78 is 6.20. The maximum Gasteiger partial charge on any atom is 0.0956 e. The van der Waals surface area contributed by atoms with E-state index in [1.165, 1.54) is 37.4 Å². The van der Waals surface area contributed by atoms with Crippen molar-refractivity contribution in [1.82, 2.24) is 0 Å². The van der Waals surface area contributed by atoms with E-state index in [0.717, 1.165) is 6.61 Å². The van der Waals surface area contributed by atoms with Gasteiger partial charge in [0.1, 0.15) is 0 Å². The largest absolute Gasteiger partial charge is 0.375 e. The van der Waals surface area contributed by atoms with Crippen LogP contribution in [-0.4, -0.2) is 19.9 Å². The van der Waals surface area contributed by atoms with Crippen molar-refractivity contribution in [1.29, 1.82) is 0 Å². The molecule has 0 aromatic heterocycles. The SMILES string of the molecule is C=CC1([Si](CC)(CC)CC)CCCCO1. The van der Waals surface area contributed by atoms with Crippen molar-refractivity contribution in [2.24, 2.45) is 0 Å². The molecule has 2 heteroatoms. The predicted octanol–water partition coefficient (Wildman–Crippen LogP) is 4.16. The van der Waals surface area contributed by atoms with Gasteiger partial charge in [-0.15, -0.1) is 6.58 Å². The van der Waals surface area contributed by atoms with E-state index in [1.807, 2.05) is 0 Å². The van der Waals surface area contributed by atoms with Gasteiger partial charge in [-0.25, -0.2) is 0 Å². The minimum Gasteiger partial charge on any atom is -0.375 e. The second-order valence-corrected chi connectivity index (χ2v) is 10.3. The number of hydrogen-bond donors (Lipinski definition) is 0. The van der Waals surface area contributed by atoms with Crippen LogP contribution in [-0.2, 0) is 4.74 Å². The lowest BCUT2D eigenvalue weighted by Crippen LogP contribution is -2.59. The first-order valence-electron chi connectivity index (χ1n) is 6.48. The van der Waals surface area contributed by atoms with Crippen LogP contribution in [0.15, 0.2) is 12.7 Å². The van der Waals surface area contributed by atoms with Crippen LogP contribution in [0.25, 0.3) is 0 Å². The fourth-order valence-electron chi connectivity index (χ4n) is 3.26. The molecule has 0 aromatic rings. The molecule has 1 aliphatic rings. The van der Waals surface area contributed by atoms with Crippen molar-refractivity contribution in [2.45, 2.75) is 63.4 Å². The summed E-state index contributed by atoms with van der Waals surface area (Å²) in [7, 11) is -1.31. The summed E-state index contributed by atoms with van der Waals surface area (Å²) in [6.07, 6.45) is 5.92. The van der Waals surface area contributed by atoms with Crippen LogP contribution in [0.3, 0.4) is 0 Å². The van der Waals surface area contributed by atoms with Gasteiger partial charge in [-0.1, -0.05) is 45.0 Å². The van der Waals surface area contributed by atoms with Crippen LogP contribution < -0.4 is 0 Å². The molecule has 0 aromatic carbocycles. The minimum atomic E-state index is -1.31.